The van der Waals surface area contributed by atoms with Gasteiger partial charge >= 0.3 is 0 Å². The lowest BCUT2D eigenvalue weighted by Gasteiger charge is -2.19. The molecule has 0 bridgehead atoms. The molecule has 0 saturated carbocycles. The highest BCUT2D eigenvalue weighted by Crippen LogP contribution is 2.36. The number of rotatable bonds is 10. The molecule has 2 atom stereocenters. The van der Waals surface area contributed by atoms with E-state index >= 15 is 0 Å². The summed E-state index contributed by atoms with van der Waals surface area (Å²) in [6.45, 7) is 6.47. The number of aliphatic hydroxyl groups is 1. The normalized spacial score (nSPS) is 20.2. The Hall–Kier alpha value is -3.12. The maximum atomic E-state index is 9.88. The van der Waals surface area contributed by atoms with Crippen LogP contribution in [0, 0.1) is 11.8 Å². The Morgan fingerprint density at radius 3 is 2.11 bits per heavy atom. The summed E-state index contributed by atoms with van der Waals surface area (Å²) in [4.78, 5) is 2.53. The molecule has 0 aliphatic carbocycles. The van der Waals surface area contributed by atoms with Crippen LogP contribution >= 0.6 is 0 Å². The van der Waals surface area contributed by atoms with Crippen LogP contribution in [-0.2, 0) is 0 Å². The summed E-state index contributed by atoms with van der Waals surface area (Å²) >= 11 is 0. The van der Waals surface area contributed by atoms with Crippen molar-refractivity contribution in [3.63, 3.8) is 0 Å². The number of benzene rings is 3. The van der Waals surface area contributed by atoms with Crippen LogP contribution in [0.1, 0.15) is 29.5 Å². The largest absolute Gasteiger partial charge is 0.508 e. The van der Waals surface area contributed by atoms with Crippen LogP contribution in [0.5, 0.6) is 11.5 Å². The number of phenols is 1. The molecule has 3 aromatic rings. The lowest BCUT2D eigenvalue weighted by Crippen LogP contribution is -2.29. The standard InChI is InChI=1S/C31H36N2O3/c34-17-4-7-30(23-5-2-1-3-6-23)31(24-8-12-28(35)13-9-24)25-10-14-29(15-11-25)36-18-16-33-21-26-19-32-20-27(26)22-33/h1-3,5-6,8-15,26-27,32,34-35H,4,7,16-22H2/b31-30-/t26-,27?/m0/s1. The van der Waals surface area contributed by atoms with Gasteiger partial charge in [0.25, 0.3) is 0 Å². The van der Waals surface area contributed by atoms with Crippen molar-refractivity contribution in [3.05, 3.63) is 95.6 Å². The first kappa shape index (κ1) is 24.6. The molecular weight excluding hydrogens is 448 g/mol. The van der Waals surface area contributed by atoms with E-state index in [0.717, 1.165) is 65.9 Å². The second-order valence-corrected chi connectivity index (χ2v) is 9.90. The SMILES string of the molecule is OCCC/C(=C(\c1ccc(O)cc1)c1ccc(OCCN2CC3CNC[C@H]3C2)cc1)c1ccccc1. The number of nitrogens with one attached hydrogen (secondary N) is 1. The maximum Gasteiger partial charge on any atom is 0.119 e. The molecule has 2 saturated heterocycles. The predicted molar refractivity (Wildman–Crippen MR) is 145 cm³/mol. The first-order chi connectivity index (χ1) is 17.7. The molecule has 2 aliphatic heterocycles. The van der Waals surface area contributed by atoms with Crippen LogP contribution in [0.3, 0.4) is 0 Å². The van der Waals surface area contributed by atoms with Crippen molar-refractivity contribution in [1.82, 2.24) is 10.2 Å². The lowest BCUT2D eigenvalue weighted by atomic mass is 9.87. The van der Waals surface area contributed by atoms with Gasteiger partial charge in [0.1, 0.15) is 18.1 Å². The van der Waals surface area contributed by atoms with Crippen molar-refractivity contribution in [2.75, 3.05) is 45.9 Å². The zero-order valence-electron chi connectivity index (χ0n) is 20.8. The highest BCUT2D eigenvalue weighted by molar-refractivity contribution is 5.98. The van der Waals surface area contributed by atoms with Gasteiger partial charge in [-0.2, -0.15) is 0 Å². The van der Waals surface area contributed by atoms with Crippen LogP contribution in [0.25, 0.3) is 11.1 Å². The summed E-state index contributed by atoms with van der Waals surface area (Å²) in [5.74, 6) is 2.73. The van der Waals surface area contributed by atoms with Crippen LogP contribution < -0.4 is 10.1 Å². The van der Waals surface area contributed by atoms with Gasteiger partial charge in [-0.3, -0.25) is 4.90 Å². The Morgan fingerprint density at radius 1 is 0.833 bits per heavy atom. The minimum absolute atomic E-state index is 0.140. The van der Waals surface area contributed by atoms with Gasteiger partial charge in [0, 0.05) is 26.2 Å². The van der Waals surface area contributed by atoms with Gasteiger partial charge in [-0.15, -0.1) is 0 Å². The summed E-state index contributed by atoms with van der Waals surface area (Å²) < 4.78 is 6.12. The quantitative estimate of drug-likeness (QED) is 0.366. The molecule has 2 fully saturated rings. The third-order valence-corrected chi connectivity index (χ3v) is 7.45. The van der Waals surface area contributed by atoms with Crippen molar-refractivity contribution in [2.24, 2.45) is 11.8 Å². The fourth-order valence-electron chi connectivity index (χ4n) is 5.60. The monoisotopic (exact) mass is 484 g/mol. The van der Waals surface area contributed by atoms with Crippen LogP contribution in [0.15, 0.2) is 78.9 Å². The minimum Gasteiger partial charge on any atom is -0.508 e. The Morgan fingerprint density at radius 2 is 1.47 bits per heavy atom. The second-order valence-electron chi connectivity index (χ2n) is 9.90. The number of allylic oxidation sites excluding steroid dienone is 1. The molecule has 0 amide bonds. The molecule has 5 rings (SSSR count). The Labute approximate surface area is 214 Å². The maximum absolute atomic E-state index is 9.88. The summed E-state index contributed by atoms with van der Waals surface area (Å²) in [5.41, 5.74) is 5.55. The van der Waals surface area contributed by atoms with Crippen molar-refractivity contribution in [3.8, 4) is 11.5 Å². The fourth-order valence-corrected chi connectivity index (χ4v) is 5.60. The number of aliphatic hydroxyl groups excluding tert-OH is 1. The van der Waals surface area contributed by atoms with E-state index in [0.29, 0.717) is 13.0 Å². The number of fused-ring (bicyclic) bond motifs is 1. The van der Waals surface area contributed by atoms with E-state index in [2.05, 4.69) is 34.5 Å². The van der Waals surface area contributed by atoms with Crippen molar-refractivity contribution in [2.45, 2.75) is 12.8 Å². The summed E-state index contributed by atoms with van der Waals surface area (Å²) in [6.07, 6.45) is 1.43. The van der Waals surface area contributed by atoms with Crippen molar-refractivity contribution >= 4 is 11.1 Å². The van der Waals surface area contributed by atoms with Gasteiger partial charge in [-0.05, 0) is 89.9 Å². The van der Waals surface area contributed by atoms with E-state index in [9.17, 15) is 10.2 Å². The van der Waals surface area contributed by atoms with Crippen LogP contribution in [-0.4, -0.2) is 61.1 Å². The molecule has 2 aliphatic rings. The van der Waals surface area contributed by atoms with Gasteiger partial charge in [0.05, 0.1) is 0 Å². The number of hydrogen-bond donors (Lipinski definition) is 3. The average molecular weight is 485 g/mol. The molecule has 36 heavy (non-hydrogen) atoms. The average Bonchev–Trinajstić information content (AvgIpc) is 3.51. The molecule has 5 heteroatoms. The molecule has 188 valence electrons. The first-order valence-corrected chi connectivity index (χ1v) is 13.1. The molecule has 0 aromatic heterocycles. The Bertz CT molecular complexity index is 1130. The molecule has 5 nitrogen and oxygen atoms in total. The third-order valence-electron chi connectivity index (χ3n) is 7.45. The molecule has 3 N–H and O–H groups in total. The fraction of sp³-hybridized carbons (Fsp3) is 0.355. The third kappa shape index (κ3) is 5.81. The van der Waals surface area contributed by atoms with Gasteiger partial charge in [0.15, 0.2) is 0 Å². The van der Waals surface area contributed by atoms with Gasteiger partial charge < -0.3 is 20.3 Å². The smallest absolute Gasteiger partial charge is 0.119 e. The number of likely N-dealkylation sites (tertiary alicyclic amines) is 1. The van der Waals surface area contributed by atoms with E-state index in [4.69, 9.17) is 4.74 Å². The van der Waals surface area contributed by atoms with E-state index in [-0.39, 0.29) is 12.4 Å². The number of ether oxygens (including phenoxy) is 1. The highest BCUT2D eigenvalue weighted by Gasteiger charge is 2.35. The van der Waals surface area contributed by atoms with Crippen LogP contribution in [0.4, 0.5) is 0 Å². The van der Waals surface area contributed by atoms with E-state index in [1.165, 1.54) is 18.7 Å². The molecule has 3 aromatic carbocycles. The molecule has 1 unspecified atom stereocenters. The van der Waals surface area contributed by atoms with E-state index < -0.39 is 0 Å². The van der Waals surface area contributed by atoms with Crippen LogP contribution in [0.2, 0.25) is 0 Å². The minimum atomic E-state index is 0.140. The zero-order valence-corrected chi connectivity index (χ0v) is 20.8. The summed E-state index contributed by atoms with van der Waals surface area (Å²) in [5, 5.41) is 23.0. The first-order valence-electron chi connectivity index (χ1n) is 13.1. The van der Waals surface area contributed by atoms with Crippen molar-refractivity contribution < 1.29 is 14.9 Å². The molecule has 2 heterocycles. The number of nitrogens with zero attached hydrogens (tertiary/aromatic N) is 1. The number of hydrogen-bond acceptors (Lipinski definition) is 5. The lowest BCUT2D eigenvalue weighted by molar-refractivity contribution is 0.228. The predicted octanol–water partition coefficient (Wildman–Crippen LogP) is 4.65. The van der Waals surface area contributed by atoms with Crippen molar-refractivity contribution in [1.29, 1.82) is 0 Å². The number of phenolic OH excluding ortho intramolecular Hbond substituents is 1. The molecule has 0 spiro atoms. The number of aromatic hydroxyl groups is 1. The summed E-state index contributed by atoms with van der Waals surface area (Å²) in [7, 11) is 0. The summed E-state index contributed by atoms with van der Waals surface area (Å²) in [6, 6.07) is 26.0. The zero-order chi connectivity index (χ0) is 24.7. The van der Waals surface area contributed by atoms with E-state index in [1.54, 1.807) is 12.1 Å². The Kier molecular flexibility index (Phi) is 8.01. The van der Waals surface area contributed by atoms with Gasteiger partial charge in [-0.1, -0.05) is 54.6 Å². The van der Waals surface area contributed by atoms with Gasteiger partial charge in [0.2, 0.25) is 0 Å². The molecular formula is C31H36N2O3. The Balaban J connectivity index is 1.36. The molecule has 0 radical (unpaired) electrons. The van der Waals surface area contributed by atoms with E-state index in [1.807, 2.05) is 42.5 Å². The highest BCUT2D eigenvalue weighted by atomic mass is 16.5. The second kappa shape index (κ2) is 11.7. The topological polar surface area (TPSA) is 65.0 Å². The van der Waals surface area contributed by atoms with Gasteiger partial charge in [-0.25, -0.2) is 0 Å².